The molecule has 0 N–H and O–H groups in total. The number of hydrogen-bond acceptors (Lipinski definition) is 6. The predicted octanol–water partition coefficient (Wildman–Crippen LogP) is 19.8. The minimum atomic E-state index is -0.789. The maximum atomic E-state index is 12.9. The first-order chi connectivity index (χ1) is 34.0. The molecule has 1 atom stereocenters. The fourth-order valence-corrected chi connectivity index (χ4v) is 8.25. The fraction of sp³-hybridized carbons (Fsp3) is 0.762. The van der Waals surface area contributed by atoms with Crippen LogP contribution in [0, 0.1) is 0 Å². The number of carbonyl (C=O) groups excluding carboxylic acids is 3. The van der Waals surface area contributed by atoms with E-state index in [2.05, 4.69) is 93.7 Å². The highest BCUT2D eigenvalue weighted by atomic mass is 16.6. The van der Waals surface area contributed by atoms with Crippen LogP contribution in [0.2, 0.25) is 0 Å². The summed E-state index contributed by atoms with van der Waals surface area (Å²) in [4.78, 5) is 38.2. The largest absolute Gasteiger partial charge is 0.462 e. The zero-order valence-corrected chi connectivity index (χ0v) is 45.6. The number of hydrogen-bond donors (Lipinski definition) is 0. The molecule has 0 aromatic heterocycles. The maximum absolute atomic E-state index is 12.9. The van der Waals surface area contributed by atoms with E-state index in [1.807, 2.05) is 0 Å². The van der Waals surface area contributed by atoms with E-state index in [0.29, 0.717) is 19.3 Å². The van der Waals surface area contributed by atoms with E-state index in [1.165, 1.54) is 141 Å². The van der Waals surface area contributed by atoms with Crippen LogP contribution in [0.3, 0.4) is 0 Å². The maximum Gasteiger partial charge on any atom is 0.306 e. The van der Waals surface area contributed by atoms with Crippen LogP contribution < -0.4 is 0 Å². The third-order valence-corrected chi connectivity index (χ3v) is 12.7. The van der Waals surface area contributed by atoms with E-state index in [9.17, 15) is 14.4 Å². The molecule has 6 nitrogen and oxygen atoms in total. The molecule has 0 aromatic carbocycles. The highest BCUT2D eigenvalue weighted by molar-refractivity contribution is 5.71. The van der Waals surface area contributed by atoms with Gasteiger partial charge >= 0.3 is 17.9 Å². The summed E-state index contributed by atoms with van der Waals surface area (Å²) < 4.78 is 16.9. The Morgan fingerprint density at radius 1 is 0.304 bits per heavy atom. The molecular weight excluding hydrogens is 853 g/mol. The Bertz CT molecular complexity index is 1290. The van der Waals surface area contributed by atoms with Crippen LogP contribution in [0.4, 0.5) is 0 Å². The van der Waals surface area contributed by atoms with Gasteiger partial charge in [-0.05, 0) is 109 Å². The van der Waals surface area contributed by atoms with Crippen LogP contribution in [0.25, 0.3) is 0 Å². The van der Waals surface area contributed by atoms with Crippen LogP contribution in [0.5, 0.6) is 0 Å². The van der Waals surface area contributed by atoms with Gasteiger partial charge in [-0.15, -0.1) is 0 Å². The Balaban J connectivity index is 4.41. The van der Waals surface area contributed by atoms with Crippen molar-refractivity contribution in [1.29, 1.82) is 0 Å². The summed E-state index contributed by atoms with van der Waals surface area (Å²) in [5.74, 6) is -0.906. The fourth-order valence-electron chi connectivity index (χ4n) is 8.25. The molecule has 0 aliphatic heterocycles. The Kier molecular flexibility index (Phi) is 54.8. The Morgan fingerprint density at radius 3 is 0.913 bits per heavy atom. The topological polar surface area (TPSA) is 78.9 Å². The van der Waals surface area contributed by atoms with Crippen molar-refractivity contribution in [3.8, 4) is 0 Å². The van der Waals surface area contributed by atoms with Crippen molar-refractivity contribution in [3.05, 3.63) is 72.9 Å². The molecule has 0 aliphatic rings. The highest BCUT2D eigenvalue weighted by Gasteiger charge is 2.19. The molecule has 69 heavy (non-hydrogen) atoms. The summed E-state index contributed by atoms with van der Waals surface area (Å²) in [5, 5.41) is 0. The summed E-state index contributed by atoms with van der Waals surface area (Å²) in [6.45, 7) is 6.51. The second kappa shape index (κ2) is 57.4. The lowest BCUT2D eigenvalue weighted by atomic mass is 10.1. The molecule has 0 spiro atoms. The molecule has 0 fully saturated rings. The second-order valence-electron chi connectivity index (χ2n) is 19.5. The van der Waals surface area contributed by atoms with Crippen molar-refractivity contribution < 1.29 is 28.6 Å². The smallest absolute Gasteiger partial charge is 0.306 e. The molecule has 0 saturated carbocycles. The van der Waals surface area contributed by atoms with Crippen molar-refractivity contribution in [2.24, 2.45) is 0 Å². The predicted molar refractivity (Wildman–Crippen MR) is 298 cm³/mol. The number of allylic oxidation sites excluding steroid dienone is 12. The van der Waals surface area contributed by atoms with Gasteiger partial charge < -0.3 is 14.2 Å². The van der Waals surface area contributed by atoms with E-state index in [0.717, 1.165) is 109 Å². The van der Waals surface area contributed by atoms with Crippen molar-refractivity contribution in [2.45, 2.75) is 297 Å². The zero-order valence-electron chi connectivity index (χ0n) is 45.6. The van der Waals surface area contributed by atoms with Crippen LogP contribution in [0.1, 0.15) is 290 Å². The standard InChI is InChI=1S/C63H110O6/c1-4-7-10-13-16-19-22-25-28-30-32-35-38-41-44-47-50-53-56-62(65)68-59-60(58-67-61(64)55-52-49-46-43-40-37-34-27-24-21-18-15-12-9-6-3)69-63(66)57-54-51-48-45-42-39-36-33-31-29-26-23-20-17-14-11-8-5-2/h9,12,18-19,21-22,27-31,34,60H,4-8,10-11,13-17,20,23-26,32-33,35-59H2,1-3H3/b12-9-,21-18-,22-19-,30-28-,31-29-,34-27-. The average molecular weight is 964 g/mol. The quantitative estimate of drug-likeness (QED) is 0.0262. The number of carbonyl (C=O) groups is 3. The van der Waals surface area contributed by atoms with Crippen molar-refractivity contribution in [1.82, 2.24) is 0 Å². The number of unbranched alkanes of at least 4 members (excludes halogenated alkanes) is 30. The monoisotopic (exact) mass is 963 g/mol. The van der Waals surface area contributed by atoms with E-state index in [-0.39, 0.29) is 31.1 Å². The number of esters is 3. The van der Waals surface area contributed by atoms with Gasteiger partial charge in [0.2, 0.25) is 0 Å². The van der Waals surface area contributed by atoms with Gasteiger partial charge in [0.15, 0.2) is 6.10 Å². The van der Waals surface area contributed by atoms with Gasteiger partial charge in [-0.2, -0.15) is 0 Å². The van der Waals surface area contributed by atoms with Gasteiger partial charge in [0.25, 0.3) is 0 Å². The lowest BCUT2D eigenvalue weighted by Crippen LogP contribution is -2.30. The molecule has 0 aromatic rings. The number of rotatable bonds is 53. The third-order valence-electron chi connectivity index (χ3n) is 12.7. The molecule has 0 saturated heterocycles. The van der Waals surface area contributed by atoms with Crippen molar-refractivity contribution >= 4 is 17.9 Å². The minimum Gasteiger partial charge on any atom is -0.462 e. The van der Waals surface area contributed by atoms with Crippen LogP contribution in [-0.4, -0.2) is 37.2 Å². The van der Waals surface area contributed by atoms with Gasteiger partial charge in [0.1, 0.15) is 13.2 Å². The summed E-state index contributed by atoms with van der Waals surface area (Å²) in [6, 6.07) is 0. The minimum absolute atomic E-state index is 0.0863. The Labute approximate surface area is 427 Å². The summed E-state index contributed by atoms with van der Waals surface area (Å²) in [6.07, 6.45) is 73.2. The SMILES string of the molecule is CC/C=C\C/C=C\C/C=C\CCCCCCCC(=O)OCC(COC(=O)CCCCCCCCC/C=C\C/C=C\CCCCCC)OC(=O)CCCCCCCCC/C=C\CCCCCCCCC. The molecule has 398 valence electrons. The van der Waals surface area contributed by atoms with E-state index >= 15 is 0 Å². The van der Waals surface area contributed by atoms with Gasteiger partial charge in [-0.1, -0.05) is 235 Å². The molecule has 0 rings (SSSR count). The third kappa shape index (κ3) is 55.6. The Morgan fingerprint density at radius 2 is 0.565 bits per heavy atom. The van der Waals surface area contributed by atoms with Gasteiger partial charge in [0.05, 0.1) is 0 Å². The van der Waals surface area contributed by atoms with Crippen molar-refractivity contribution in [3.63, 3.8) is 0 Å². The normalized spacial score (nSPS) is 12.6. The van der Waals surface area contributed by atoms with Crippen LogP contribution in [0.15, 0.2) is 72.9 Å². The zero-order chi connectivity index (χ0) is 50.0. The molecule has 0 aliphatic carbocycles. The molecule has 0 bridgehead atoms. The molecular formula is C63H110O6. The van der Waals surface area contributed by atoms with Gasteiger partial charge in [0, 0.05) is 19.3 Å². The van der Waals surface area contributed by atoms with Crippen LogP contribution >= 0.6 is 0 Å². The molecule has 0 heterocycles. The molecule has 0 radical (unpaired) electrons. The molecule has 6 heteroatoms. The lowest BCUT2D eigenvalue weighted by Gasteiger charge is -2.18. The van der Waals surface area contributed by atoms with Gasteiger partial charge in [-0.3, -0.25) is 14.4 Å². The average Bonchev–Trinajstić information content (AvgIpc) is 3.35. The van der Waals surface area contributed by atoms with Gasteiger partial charge in [-0.25, -0.2) is 0 Å². The second-order valence-corrected chi connectivity index (χ2v) is 19.5. The Hall–Kier alpha value is -3.15. The first kappa shape index (κ1) is 65.8. The summed E-state index contributed by atoms with van der Waals surface area (Å²) in [5.41, 5.74) is 0. The summed E-state index contributed by atoms with van der Waals surface area (Å²) in [7, 11) is 0. The van der Waals surface area contributed by atoms with E-state index < -0.39 is 6.10 Å². The summed E-state index contributed by atoms with van der Waals surface area (Å²) >= 11 is 0. The first-order valence-electron chi connectivity index (χ1n) is 29.4. The highest BCUT2D eigenvalue weighted by Crippen LogP contribution is 2.15. The molecule has 1 unspecified atom stereocenters. The van der Waals surface area contributed by atoms with E-state index in [4.69, 9.17) is 14.2 Å². The first-order valence-corrected chi connectivity index (χ1v) is 29.4. The van der Waals surface area contributed by atoms with E-state index in [1.54, 1.807) is 0 Å². The molecule has 0 amide bonds. The van der Waals surface area contributed by atoms with Crippen LogP contribution in [-0.2, 0) is 28.6 Å². The lowest BCUT2D eigenvalue weighted by molar-refractivity contribution is -0.167. The van der Waals surface area contributed by atoms with Crippen molar-refractivity contribution in [2.75, 3.05) is 13.2 Å². The number of ether oxygens (including phenoxy) is 3.